The van der Waals surface area contributed by atoms with E-state index in [2.05, 4.69) is 24.9 Å². The number of aliphatic imine (C=N–C) groups is 1. The smallest absolute Gasteiger partial charge is 0.363 e. The van der Waals surface area contributed by atoms with E-state index in [1.807, 2.05) is 36.4 Å². The van der Waals surface area contributed by atoms with Crippen molar-refractivity contribution in [2.24, 2.45) is 10.9 Å². The van der Waals surface area contributed by atoms with Gasteiger partial charge >= 0.3 is 5.97 Å². The van der Waals surface area contributed by atoms with Crippen molar-refractivity contribution in [2.45, 2.75) is 20.3 Å². The first-order chi connectivity index (χ1) is 10.6. The molecule has 0 spiro atoms. The van der Waals surface area contributed by atoms with Crippen LogP contribution in [0.4, 0.5) is 0 Å². The summed E-state index contributed by atoms with van der Waals surface area (Å²) in [6.45, 7) is 4.39. The van der Waals surface area contributed by atoms with E-state index >= 15 is 0 Å². The molecule has 112 valence electrons. The minimum atomic E-state index is -0.391. The quantitative estimate of drug-likeness (QED) is 0.624. The van der Waals surface area contributed by atoms with Gasteiger partial charge in [0.1, 0.15) is 0 Å². The third-order valence-electron chi connectivity index (χ3n) is 3.21. The lowest BCUT2D eigenvalue weighted by molar-refractivity contribution is -0.129. The SMILES string of the molecule is CC(C)Cc1ccc(/C=C2\N=C(c3ccccc3)OC2=O)s1. The molecule has 1 aliphatic rings. The zero-order chi connectivity index (χ0) is 15.5. The van der Waals surface area contributed by atoms with E-state index in [-0.39, 0.29) is 0 Å². The van der Waals surface area contributed by atoms with Crippen LogP contribution in [0.25, 0.3) is 6.08 Å². The molecule has 3 nitrogen and oxygen atoms in total. The monoisotopic (exact) mass is 311 g/mol. The van der Waals surface area contributed by atoms with Gasteiger partial charge in [-0.25, -0.2) is 9.79 Å². The van der Waals surface area contributed by atoms with Crippen molar-refractivity contribution >= 4 is 29.3 Å². The van der Waals surface area contributed by atoms with E-state index in [0.29, 0.717) is 17.5 Å². The maximum Gasteiger partial charge on any atom is 0.363 e. The summed E-state index contributed by atoms with van der Waals surface area (Å²) in [5.74, 6) is 0.603. The molecular weight excluding hydrogens is 294 g/mol. The Kier molecular flexibility index (Phi) is 4.20. The molecule has 22 heavy (non-hydrogen) atoms. The van der Waals surface area contributed by atoms with E-state index in [1.165, 1.54) is 4.88 Å². The Morgan fingerprint density at radius 1 is 1.18 bits per heavy atom. The second-order valence-corrected chi connectivity index (χ2v) is 6.80. The molecule has 2 aromatic rings. The average molecular weight is 311 g/mol. The number of nitrogens with zero attached hydrogens (tertiary/aromatic N) is 1. The summed E-state index contributed by atoms with van der Waals surface area (Å²) in [4.78, 5) is 18.6. The van der Waals surface area contributed by atoms with Gasteiger partial charge in [0.2, 0.25) is 5.90 Å². The first-order valence-electron chi connectivity index (χ1n) is 7.28. The second kappa shape index (κ2) is 6.28. The van der Waals surface area contributed by atoms with Gasteiger partial charge < -0.3 is 4.74 Å². The van der Waals surface area contributed by atoms with Gasteiger partial charge in [0, 0.05) is 15.3 Å². The van der Waals surface area contributed by atoms with Gasteiger partial charge in [-0.05, 0) is 42.7 Å². The summed E-state index contributed by atoms with van der Waals surface area (Å²) in [6.07, 6.45) is 2.85. The van der Waals surface area contributed by atoms with E-state index in [9.17, 15) is 4.79 Å². The molecule has 0 unspecified atom stereocenters. The van der Waals surface area contributed by atoms with Crippen LogP contribution in [0.2, 0.25) is 0 Å². The van der Waals surface area contributed by atoms with E-state index < -0.39 is 5.97 Å². The molecule has 1 aromatic carbocycles. The number of hydrogen-bond acceptors (Lipinski definition) is 4. The number of ether oxygens (including phenoxy) is 1. The third kappa shape index (κ3) is 3.34. The molecule has 0 radical (unpaired) electrons. The third-order valence-corrected chi connectivity index (χ3v) is 4.27. The molecule has 3 rings (SSSR count). The Morgan fingerprint density at radius 3 is 2.68 bits per heavy atom. The maximum atomic E-state index is 11.9. The molecule has 0 fully saturated rings. The number of rotatable bonds is 4. The minimum Gasteiger partial charge on any atom is -0.402 e. The number of benzene rings is 1. The summed E-state index contributed by atoms with van der Waals surface area (Å²) >= 11 is 1.69. The van der Waals surface area contributed by atoms with Crippen LogP contribution in [0, 0.1) is 5.92 Å². The molecule has 0 atom stereocenters. The molecule has 0 saturated carbocycles. The molecule has 0 saturated heterocycles. The molecule has 0 bridgehead atoms. The van der Waals surface area contributed by atoms with Gasteiger partial charge in [-0.3, -0.25) is 0 Å². The van der Waals surface area contributed by atoms with Gasteiger partial charge in [0.15, 0.2) is 5.70 Å². The van der Waals surface area contributed by atoms with Crippen molar-refractivity contribution in [3.05, 3.63) is 63.5 Å². The first kappa shape index (κ1) is 14.7. The van der Waals surface area contributed by atoms with Crippen LogP contribution in [0.3, 0.4) is 0 Å². The summed E-state index contributed by atoms with van der Waals surface area (Å²) in [5, 5.41) is 0. The second-order valence-electron chi connectivity index (χ2n) is 5.60. The molecule has 1 aromatic heterocycles. The van der Waals surface area contributed by atoms with Crippen LogP contribution >= 0.6 is 11.3 Å². The van der Waals surface area contributed by atoms with Gasteiger partial charge in [0.25, 0.3) is 0 Å². The Bertz CT molecular complexity index is 741. The largest absolute Gasteiger partial charge is 0.402 e. The number of carbonyl (C=O) groups excluding carboxylic acids is 1. The van der Waals surface area contributed by atoms with Gasteiger partial charge in [0.05, 0.1) is 0 Å². The minimum absolute atomic E-state index is 0.358. The Hall–Kier alpha value is -2.20. The Morgan fingerprint density at radius 2 is 1.95 bits per heavy atom. The van der Waals surface area contributed by atoms with Crippen molar-refractivity contribution < 1.29 is 9.53 Å². The van der Waals surface area contributed by atoms with Crippen molar-refractivity contribution in [3.63, 3.8) is 0 Å². The van der Waals surface area contributed by atoms with Gasteiger partial charge in [-0.15, -0.1) is 11.3 Å². The number of hydrogen-bond donors (Lipinski definition) is 0. The molecule has 0 N–H and O–H groups in total. The zero-order valence-electron chi connectivity index (χ0n) is 12.6. The molecular formula is C18H17NO2S. The van der Waals surface area contributed by atoms with Crippen molar-refractivity contribution in [3.8, 4) is 0 Å². The lowest BCUT2D eigenvalue weighted by Crippen LogP contribution is -2.04. The van der Waals surface area contributed by atoms with Crippen LogP contribution < -0.4 is 0 Å². The van der Waals surface area contributed by atoms with Crippen LogP contribution in [-0.4, -0.2) is 11.9 Å². The molecule has 0 amide bonds. The Labute approximate surface area is 134 Å². The summed E-state index contributed by atoms with van der Waals surface area (Å²) < 4.78 is 5.25. The standard InChI is InChI=1S/C18H17NO2S/c1-12(2)10-14-8-9-15(22-14)11-16-18(20)21-17(19-16)13-6-4-3-5-7-13/h3-9,11-12H,10H2,1-2H3/b16-11-. The zero-order valence-corrected chi connectivity index (χ0v) is 13.4. The van der Waals surface area contributed by atoms with Gasteiger partial charge in [-0.1, -0.05) is 32.0 Å². The highest BCUT2D eigenvalue weighted by molar-refractivity contribution is 7.12. The number of esters is 1. The fourth-order valence-electron chi connectivity index (χ4n) is 2.23. The fraction of sp³-hybridized carbons (Fsp3) is 0.222. The van der Waals surface area contributed by atoms with Crippen LogP contribution in [0.5, 0.6) is 0 Å². The average Bonchev–Trinajstić information content (AvgIpc) is 3.07. The molecule has 1 aliphatic heterocycles. The maximum absolute atomic E-state index is 11.9. The highest BCUT2D eigenvalue weighted by Gasteiger charge is 2.24. The fourth-order valence-corrected chi connectivity index (χ4v) is 3.39. The Balaban J connectivity index is 1.83. The van der Waals surface area contributed by atoms with Crippen molar-refractivity contribution in [1.29, 1.82) is 0 Å². The van der Waals surface area contributed by atoms with Crippen LogP contribution in [0.15, 0.2) is 53.2 Å². The predicted molar refractivity (Wildman–Crippen MR) is 89.9 cm³/mol. The lowest BCUT2D eigenvalue weighted by Gasteiger charge is -1.99. The number of thiophene rings is 1. The number of cyclic esters (lactones) is 1. The number of carbonyl (C=O) groups is 1. The molecule has 2 heterocycles. The van der Waals surface area contributed by atoms with Gasteiger partial charge in [-0.2, -0.15) is 0 Å². The predicted octanol–water partition coefficient (Wildman–Crippen LogP) is 4.29. The lowest BCUT2D eigenvalue weighted by atomic mass is 10.1. The van der Waals surface area contributed by atoms with E-state index in [0.717, 1.165) is 16.9 Å². The van der Waals surface area contributed by atoms with Crippen molar-refractivity contribution in [1.82, 2.24) is 0 Å². The topological polar surface area (TPSA) is 38.7 Å². The first-order valence-corrected chi connectivity index (χ1v) is 8.10. The van der Waals surface area contributed by atoms with E-state index in [4.69, 9.17) is 4.74 Å². The highest BCUT2D eigenvalue weighted by atomic mass is 32.1. The van der Waals surface area contributed by atoms with Crippen LogP contribution in [0.1, 0.15) is 29.2 Å². The summed E-state index contributed by atoms with van der Waals surface area (Å²) in [5.41, 5.74) is 1.17. The highest BCUT2D eigenvalue weighted by Crippen LogP contribution is 2.25. The van der Waals surface area contributed by atoms with Crippen LogP contribution in [-0.2, 0) is 16.0 Å². The summed E-state index contributed by atoms with van der Waals surface area (Å²) in [7, 11) is 0. The van der Waals surface area contributed by atoms with E-state index in [1.54, 1.807) is 17.4 Å². The molecule has 4 heteroatoms. The normalized spacial score (nSPS) is 16.2. The van der Waals surface area contributed by atoms with Crippen molar-refractivity contribution in [2.75, 3.05) is 0 Å². The molecule has 0 aliphatic carbocycles. The summed E-state index contributed by atoms with van der Waals surface area (Å²) in [6, 6.07) is 13.6.